The fourth-order valence-corrected chi connectivity index (χ4v) is 1.10. The van der Waals surface area contributed by atoms with Gasteiger partial charge in [-0.1, -0.05) is 13.3 Å². The van der Waals surface area contributed by atoms with E-state index in [-0.39, 0.29) is 12.5 Å². The first-order valence-corrected chi connectivity index (χ1v) is 5.46. The van der Waals surface area contributed by atoms with Gasteiger partial charge in [0.25, 0.3) is 0 Å². The lowest BCUT2D eigenvalue weighted by molar-refractivity contribution is -0.142. The van der Waals surface area contributed by atoms with Gasteiger partial charge in [-0.05, 0) is 18.6 Å². The van der Waals surface area contributed by atoms with E-state index in [2.05, 4.69) is 22.4 Å². The summed E-state index contributed by atoms with van der Waals surface area (Å²) in [6, 6.07) is 3.66. The molecule has 0 saturated heterocycles. The number of aromatic nitrogens is 2. The molecule has 0 aliphatic heterocycles. The lowest BCUT2D eigenvalue weighted by Crippen LogP contribution is -2.25. The Morgan fingerprint density at radius 2 is 2.44 bits per heavy atom. The van der Waals surface area contributed by atoms with E-state index in [4.69, 9.17) is 4.74 Å². The first-order valence-electron chi connectivity index (χ1n) is 5.46. The molecule has 0 bridgehead atoms. The molecule has 0 atom stereocenters. The summed E-state index contributed by atoms with van der Waals surface area (Å²) in [5.41, 5.74) is 0.809. The van der Waals surface area contributed by atoms with Crippen LogP contribution in [0, 0.1) is 0 Å². The first kappa shape index (κ1) is 12.6. The van der Waals surface area contributed by atoms with Gasteiger partial charge in [-0.2, -0.15) is 10.2 Å². The Kier molecular flexibility index (Phi) is 6.10. The molecule has 0 aromatic carbocycles. The Hall–Kier alpha value is -1.49. The molecule has 1 heterocycles. The molecular weight excluding hydrogens is 206 g/mol. The molecule has 0 aliphatic rings. The number of unbranched alkanes of at least 4 members (excludes halogenated alkanes) is 1. The van der Waals surface area contributed by atoms with E-state index in [1.807, 2.05) is 12.1 Å². The van der Waals surface area contributed by atoms with Crippen molar-refractivity contribution in [2.24, 2.45) is 0 Å². The minimum Gasteiger partial charge on any atom is -0.465 e. The van der Waals surface area contributed by atoms with E-state index in [0.717, 1.165) is 18.5 Å². The first-order chi connectivity index (χ1) is 7.83. The van der Waals surface area contributed by atoms with Crippen LogP contribution in [0.3, 0.4) is 0 Å². The topological polar surface area (TPSA) is 64.1 Å². The summed E-state index contributed by atoms with van der Waals surface area (Å²) < 4.78 is 4.98. The highest BCUT2D eigenvalue weighted by molar-refractivity contribution is 5.71. The molecule has 1 N–H and O–H groups in total. The second kappa shape index (κ2) is 7.76. The van der Waals surface area contributed by atoms with Crippen molar-refractivity contribution < 1.29 is 9.53 Å². The van der Waals surface area contributed by atoms with Crippen molar-refractivity contribution in [3.63, 3.8) is 0 Å². The normalized spacial score (nSPS) is 10.1. The number of ether oxygens (including phenoxy) is 1. The number of hydrogen-bond donors (Lipinski definition) is 1. The molecule has 1 rings (SSSR count). The average molecular weight is 223 g/mol. The molecule has 0 spiro atoms. The van der Waals surface area contributed by atoms with Crippen molar-refractivity contribution in [1.29, 1.82) is 0 Å². The molecule has 1 aromatic heterocycles. The van der Waals surface area contributed by atoms with E-state index >= 15 is 0 Å². The van der Waals surface area contributed by atoms with Crippen molar-refractivity contribution in [3.05, 3.63) is 24.0 Å². The van der Waals surface area contributed by atoms with Gasteiger partial charge in [-0.3, -0.25) is 4.79 Å². The minimum atomic E-state index is -0.225. The highest BCUT2D eigenvalue weighted by Gasteiger charge is 2.01. The van der Waals surface area contributed by atoms with Crippen LogP contribution in [0.25, 0.3) is 0 Å². The molecule has 5 nitrogen and oxygen atoms in total. The highest BCUT2D eigenvalue weighted by Crippen LogP contribution is 1.90. The molecule has 0 aliphatic carbocycles. The summed E-state index contributed by atoms with van der Waals surface area (Å²) in [7, 11) is 0. The van der Waals surface area contributed by atoms with Crippen LogP contribution >= 0.6 is 0 Å². The lowest BCUT2D eigenvalue weighted by atomic mass is 10.4. The van der Waals surface area contributed by atoms with E-state index in [9.17, 15) is 4.79 Å². The van der Waals surface area contributed by atoms with Gasteiger partial charge in [-0.25, -0.2) is 0 Å². The van der Waals surface area contributed by atoms with Gasteiger partial charge in [-0.15, -0.1) is 0 Å². The summed E-state index contributed by atoms with van der Waals surface area (Å²) in [4.78, 5) is 11.2. The third kappa shape index (κ3) is 5.41. The molecule has 0 amide bonds. The van der Waals surface area contributed by atoms with Crippen LogP contribution < -0.4 is 5.32 Å². The molecule has 88 valence electrons. The second-order valence-corrected chi connectivity index (χ2v) is 3.39. The van der Waals surface area contributed by atoms with Crippen LogP contribution in [-0.2, 0) is 16.1 Å². The molecule has 0 unspecified atom stereocenters. The number of nitrogens with zero attached hydrogens (tertiary/aromatic N) is 2. The minimum absolute atomic E-state index is 0.209. The van der Waals surface area contributed by atoms with E-state index in [1.165, 1.54) is 0 Å². The van der Waals surface area contributed by atoms with Crippen molar-refractivity contribution in [2.45, 2.75) is 26.3 Å². The average Bonchev–Trinajstić information content (AvgIpc) is 2.31. The number of esters is 1. The van der Waals surface area contributed by atoms with Gasteiger partial charge in [0.05, 0.1) is 18.8 Å². The molecule has 5 heteroatoms. The molecule has 0 radical (unpaired) electrons. The number of nitrogens with one attached hydrogen (secondary N) is 1. The van der Waals surface area contributed by atoms with Gasteiger partial charge in [0, 0.05) is 12.7 Å². The van der Waals surface area contributed by atoms with Gasteiger partial charge in [0.2, 0.25) is 0 Å². The zero-order valence-corrected chi connectivity index (χ0v) is 9.48. The third-order valence-electron chi connectivity index (χ3n) is 1.96. The van der Waals surface area contributed by atoms with Gasteiger partial charge < -0.3 is 10.1 Å². The maximum atomic E-state index is 11.2. The van der Waals surface area contributed by atoms with E-state index < -0.39 is 0 Å². The number of hydrogen-bond acceptors (Lipinski definition) is 5. The fraction of sp³-hybridized carbons (Fsp3) is 0.545. The summed E-state index contributed by atoms with van der Waals surface area (Å²) in [5.74, 6) is -0.225. The zero-order valence-electron chi connectivity index (χ0n) is 9.48. The van der Waals surface area contributed by atoms with Crippen LogP contribution in [-0.4, -0.2) is 29.3 Å². The van der Waals surface area contributed by atoms with Gasteiger partial charge in [0.1, 0.15) is 0 Å². The number of rotatable bonds is 7. The maximum Gasteiger partial charge on any atom is 0.319 e. The van der Waals surface area contributed by atoms with Crippen molar-refractivity contribution >= 4 is 5.97 Å². The van der Waals surface area contributed by atoms with E-state index in [0.29, 0.717) is 13.2 Å². The standard InChI is InChI=1S/C11H17N3O2/c1-2-3-7-16-11(15)9-12-8-10-5-4-6-13-14-10/h4-6,12H,2-3,7-9H2,1H3. The largest absolute Gasteiger partial charge is 0.465 e. The predicted octanol–water partition coefficient (Wildman–Crippen LogP) is 0.909. The van der Waals surface area contributed by atoms with Gasteiger partial charge >= 0.3 is 5.97 Å². The van der Waals surface area contributed by atoms with Crippen LogP contribution in [0.15, 0.2) is 18.3 Å². The smallest absolute Gasteiger partial charge is 0.319 e. The summed E-state index contributed by atoms with van der Waals surface area (Å²) in [6.45, 7) is 3.29. The Labute approximate surface area is 95.2 Å². The predicted molar refractivity (Wildman–Crippen MR) is 59.6 cm³/mol. The summed E-state index contributed by atoms with van der Waals surface area (Å²) in [5, 5.41) is 10.6. The summed E-state index contributed by atoms with van der Waals surface area (Å²) >= 11 is 0. The Morgan fingerprint density at radius 1 is 1.56 bits per heavy atom. The SMILES string of the molecule is CCCCOC(=O)CNCc1cccnn1. The number of carbonyl (C=O) groups excluding carboxylic acids is 1. The van der Waals surface area contributed by atoms with Crippen molar-refractivity contribution in [1.82, 2.24) is 15.5 Å². The third-order valence-corrected chi connectivity index (χ3v) is 1.96. The van der Waals surface area contributed by atoms with Crippen molar-refractivity contribution in [2.75, 3.05) is 13.2 Å². The highest BCUT2D eigenvalue weighted by atomic mass is 16.5. The molecule has 0 fully saturated rings. The summed E-state index contributed by atoms with van der Waals surface area (Å²) in [6.07, 6.45) is 3.55. The molecular formula is C11H17N3O2. The second-order valence-electron chi connectivity index (χ2n) is 3.39. The van der Waals surface area contributed by atoms with Crippen molar-refractivity contribution in [3.8, 4) is 0 Å². The monoisotopic (exact) mass is 223 g/mol. The maximum absolute atomic E-state index is 11.2. The van der Waals surface area contributed by atoms with Crippen LogP contribution in [0.1, 0.15) is 25.5 Å². The Morgan fingerprint density at radius 3 is 3.12 bits per heavy atom. The Bertz CT molecular complexity index is 303. The zero-order chi connectivity index (χ0) is 11.6. The Balaban J connectivity index is 2.09. The molecule has 16 heavy (non-hydrogen) atoms. The molecule has 1 aromatic rings. The molecule has 0 saturated carbocycles. The fourth-order valence-electron chi connectivity index (χ4n) is 1.10. The van der Waals surface area contributed by atoms with Crippen LogP contribution in [0.5, 0.6) is 0 Å². The van der Waals surface area contributed by atoms with E-state index in [1.54, 1.807) is 6.20 Å². The van der Waals surface area contributed by atoms with Crippen LogP contribution in [0.4, 0.5) is 0 Å². The lowest BCUT2D eigenvalue weighted by Gasteiger charge is -2.04. The van der Waals surface area contributed by atoms with Gasteiger partial charge in [0.15, 0.2) is 0 Å². The quantitative estimate of drug-likeness (QED) is 0.550. The number of carbonyl (C=O) groups is 1. The van der Waals surface area contributed by atoms with Crippen LogP contribution in [0.2, 0.25) is 0 Å².